The Morgan fingerprint density at radius 1 is 0.955 bits per heavy atom. The van der Waals surface area contributed by atoms with E-state index in [-0.39, 0.29) is 5.41 Å². The summed E-state index contributed by atoms with van der Waals surface area (Å²) in [6, 6.07) is 0. The molecule has 2 heteroatoms. The number of hydrogen-bond acceptors (Lipinski definition) is 2. The van der Waals surface area contributed by atoms with E-state index in [1.165, 1.54) is 38.5 Å². The summed E-state index contributed by atoms with van der Waals surface area (Å²) < 4.78 is 0. The molecule has 3 fully saturated rings. The molecule has 0 aromatic rings. The molecule has 0 aromatic carbocycles. The molecule has 7 atom stereocenters. The van der Waals surface area contributed by atoms with Crippen molar-refractivity contribution < 1.29 is 10.2 Å². The standard InChI is InChI=1S/C20H32O2/c1-13-6-9-16-15-8-7-14-5-4-11-20(21,22)19(14,3)17(15)10-12-18(13,16)2/h4,11,13-17,21-22H,5-10,12H2,1-3H3/t13-,14?,15+,16+,17+,18-,19+/m1/s1. The Labute approximate surface area is 135 Å². The van der Waals surface area contributed by atoms with Gasteiger partial charge in [-0.2, -0.15) is 0 Å². The van der Waals surface area contributed by atoms with Gasteiger partial charge in [0.05, 0.1) is 0 Å². The fourth-order valence-electron chi connectivity index (χ4n) is 7.21. The van der Waals surface area contributed by atoms with Crippen LogP contribution in [-0.2, 0) is 0 Å². The van der Waals surface area contributed by atoms with E-state index >= 15 is 0 Å². The van der Waals surface area contributed by atoms with Gasteiger partial charge >= 0.3 is 0 Å². The number of aliphatic hydroxyl groups is 2. The van der Waals surface area contributed by atoms with Crippen LogP contribution in [0.4, 0.5) is 0 Å². The number of hydrogen-bond donors (Lipinski definition) is 2. The molecule has 3 saturated carbocycles. The molecule has 0 bridgehead atoms. The molecule has 1 unspecified atom stereocenters. The van der Waals surface area contributed by atoms with E-state index in [1.54, 1.807) is 6.08 Å². The topological polar surface area (TPSA) is 40.5 Å². The van der Waals surface area contributed by atoms with Gasteiger partial charge in [-0.05, 0) is 86.0 Å². The predicted octanol–water partition coefficient (Wildman–Crippen LogP) is 4.12. The van der Waals surface area contributed by atoms with Gasteiger partial charge in [0.25, 0.3) is 0 Å². The fraction of sp³-hybridized carbons (Fsp3) is 0.900. The normalized spacial score (nSPS) is 56.1. The lowest BCUT2D eigenvalue weighted by molar-refractivity contribution is -0.272. The van der Waals surface area contributed by atoms with E-state index in [0.29, 0.717) is 23.2 Å². The van der Waals surface area contributed by atoms with Crippen molar-refractivity contribution in [2.75, 3.05) is 0 Å². The summed E-state index contributed by atoms with van der Waals surface area (Å²) in [5, 5.41) is 21.6. The monoisotopic (exact) mass is 304 g/mol. The lowest BCUT2D eigenvalue weighted by Crippen LogP contribution is -2.62. The highest BCUT2D eigenvalue weighted by Gasteiger charge is 2.64. The summed E-state index contributed by atoms with van der Waals surface area (Å²) in [6.45, 7) is 7.14. The van der Waals surface area contributed by atoms with Gasteiger partial charge in [0.2, 0.25) is 0 Å². The first kappa shape index (κ1) is 15.2. The van der Waals surface area contributed by atoms with Crippen molar-refractivity contribution in [2.24, 2.45) is 40.4 Å². The van der Waals surface area contributed by atoms with E-state index in [1.807, 2.05) is 6.08 Å². The number of rotatable bonds is 0. The Hall–Kier alpha value is -0.340. The van der Waals surface area contributed by atoms with Gasteiger partial charge in [-0.15, -0.1) is 0 Å². The highest BCUT2D eigenvalue weighted by atomic mass is 16.5. The molecule has 0 aromatic heterocycles. The Morgan fingerprint density at radius 2 is 1.73 bits per heavy atom. The van der Waals surface area contributed by atoms with Crippen LogP contribution in [0.1, 0.15) is 65.7 Å². The van der Waals surface area contributed by atoms with Crippen LogP contribution in [0.25, 0.3) is 0 Å². The number of fused-ring (bicyclic) bond motifs is 5. The van der Waals surface area contributed by atoms with Crippen molar-refractivity contribution >= 4 is 0 Å². The first-order valence-corrected chi connectivity index (χ1v) is 9.43. The van der Waals surface area contributed by atoms with Gasteiger partial charge in [0.15, 0.2) is 5.79 Å². The van der Waals surface area contributed by atoms with Crippen molar-refractivity contribution in [3.8, 4) is 0 Å². The van der Waals surface area contributed by atoms with Crippen molar-refractivity contribution in [3.63, 3.8) is 0 Å². The van der Waals surface area contributed by atoms with Gasteiger partial charge in [0.1, 0.15) is 0 Å². The van der Waals surface area contributed by atoms with Crippen LogP contribution in [-0.4, -0.2) is 16.0 Å². The maximum Gasteiger partial charge on any atom is 0.188 e. The lowest BCUT2D eigenvalue weighted by atomic mass is 9.44. The van der Waals surface area contributed by atoms with Crippen molar-refractivity contribution in [1.29, 1.82) is 0 Å². The van der Waals surface area contributed by atoms with E-state index in [4.69, 9.17) is 0 Å². The first-order valence-electron chi connectivity index (χ1n) is 9.43. The predicted molar refractivity (Wildman–Crippen MR) is 88.0 cm³/mol. The third-order valence-corrected chi connectivity index (χ3v) is 8.94. The molecule has 0 heterocycles. The second-order valence-electron chi connectivity index (χ2n) is 9.32. The summed E-state index contributed by atoms with van der Waals surface area (Å²) >= 11 is 0. The highest BCUT2D eigenvalue weighted by molar-refractivity contribution is 5.18. The molecule has 0 saturated heterocycles. The summed E-state index contributed by atoms with van der Waals surface area (Å²) in [4.78, 5) is 0. The zero-order valence-corrected chi connectivity index (χ0v) is 14.4. The molecule has 4 rings (SSSR count). The Balaban J connectivity index is 1.73. The van der Waals surface area contributed by atoms with Gasteiger partial charge in [-0.3, -0.25) is 0 Å². The third-order valence-electron chi connectivity index (χ3n) is 8.94. The smallest absolute Gasteiger partial charge is 0.188 e. The minimum atomic E-state index is -1.61. The molecule has 2 N–H and O–H groups in total. The molecular weight excluding hydrogens is 272 g/mol. The van der Waals surface area contributed by atoms with Crippen LogP contribution in [0.5, 0.6) is 0 Å². The average molecular weight is 304 g/mol. The SMILES string of the molecule is C[C@@H]1CC[C@H]2[C@@H]3CCC4CC=CC(O)(O)[C@]4(C)[C@H]3CC[C@]12C. The summed E-state index contributed by atoms with van der Waals surface area (Å²) in [5.74, 6) is 1.66. The third kappa shape index (κ3) is 1.69. The van der Waals surface area contributed by atoms with E-state index in [0.717, 1.165) is 18.3 Å². The molecule has 0 radical (unpaired) electrons. The lowest BCUT2D eigenvalue weighted by Gasteiger charge is -2.62. The maximum atomic E-state index is 10.8. The maximum absolute atomic E-state index is 10.8. The van der Waals surface area contributed by atoms with Gasteiger partial charge < -0.3 is 10.2 Å². The van der Waals surface area contributed by atoms with Crippen LogP contribution in [0.2, 0.25) is 0 Å². The van der Waals surface area contributed by atoms with Crippen molar-refractivity contribution in [1.82, 2.24) is 0 Å². The van der Waals surface area contributed by atoms with E-state index in [2.05, 4.69) is 20.8 Å². The summed E-state index contributed by atoms with van der Waals surface area (Å²) in [7, 11) is 0. The zero-order valence-electron chi connectivity index (χ0n) is 14.4. The summed E-state index contributed by atoms with van der Waals surface area (Å²) in [5.41, 5.74) is 0.153. The molecule has 0 amide bonds. The quantitative estimate of drug-likeness (QED) is 0.522. The van der Waals surface area contributed by atoms with Gasteiger partial charge in [-0.1, -0.05) is 26.8 Å². The number of allylic oxidation sites excluding steroid dienone is 1. The molecule has 0 aliphatic heterocycles. The Kier molecular flexibility index (Phi) is 3.18. The fourth-order valence-corrected chi connectivity index (χ4v) is 7.21. The molecular formula is C20H32O2. The van der Waals surface area contributed by atoms with Crippen molar-refractivity contribution in [2.45, 2.75) is 71.5 Å². The first-order chi connectivity index (χ1) is 10.3. The Morgan fingerprint density at radius 3 is 2.50 bits per heavy atom. The van der Waals surface area contributed by atoms with Crippen LogP contribution >= 0.6 is 0 Å². The van der Waals surface area contributed by atoms with Gasteiger partial charge in [0, 0.05) is 5.41 Å². The van der Waals surface area contributed by atoms with Gasteiger partial charge in [-0.25, -0.2) is 0 Å². The van der Waals surface area contributed by atoms with Crippen LogP contribution in [0.15, 0.2) is 12.2 Å². The molecule has 124 valence electrons. The average Bonchev–Trinajstić information content (AvgIpc) is 2.76. The van der Waals surface area contributed by atoms with E-state index in [9.17, 15) is 10.2 Å². The minimum absolute atomic E-state index is 0.349. The van der Waals surface area contributed by atoms with Crippen LogP contribution in [0, 0.1) is 40.4 Å². The zero-order chi connectivity index (χ0) is 15.8. The summed E-state index contributed by atoms with van der Waals surface area (Å²) in [6.07, 6.45) is 12.4. The van der Waals surface area contributed by atoms with Crippen LogP contribution < -0.4 is 0 Å². The van der Waals surface area contributed by atoms with Crippen LogP contribution in [0.3, 0.4) is 0 Å². The molecule has 4 aliphatic rings. The Bertz CT molecular complexity index is 496. The minimum Gasteiger partial charge on any atom is -0.362 e. The molecule has 22 heavy (non-hydrogen) atoms. The molecule has 2 nitrogen and oxygen atoms in total. The second-order valence-corrected chi connectivity index (χ2v) is 9.32. The molecule has 4 aliphatic carbocycles. The van der Waals surface area contributed by atoms with E-state index < -0.39 is 5.79 Å². The largest absolute Gasteiger partial charge is 0.362 e. The highest BCUT2D eigenvalue weighted by Crippen LogP contribution is 2.67. The second kappa shape index (κ2) is 4.60. The molecule has 0 spiro atoms. The van der Waals surface area contributed by atoms with Crippen molar-refractivity contribution in [3.05, 3.63) is 12.2 Å².